The summed E-state index contributed by atoms with van der Waals surface area (Å²) in [5.74, 6) is 0. The first-order valence-electron chi connectivity index (χ1n) is 5.19. The molecule has 8 heteroatoms. The van der Waals surface area contributed by atoms with E-state index in [0.717, 1.165) is 19.3 Å². The van der Waals surface area contributed by atoms with Gasteiger partial charge in [0.25, 0.3) is 0 Å². The largest absolute Gasteiger partial charge is 0.445 e. The lowest BCUT2D eigenvalue weighted by atomic mass is 10.3. The molecule has 1 saturated carbocycles. The fourth-order valence-electron chi connectivity index (χ4n) is 1.86. The summed E-state index contributed by atoms with van der Waals surface area (Å²) in [5, 5.41) is 9.68. The highest BCUT2D eigenvalue weighted by Gasteiger charge is 2.36. The third kappa shape index (κ3) is 3.25. The molecule has 17 heavy (non-hydrogen) atoms. The third-order valence-electron chi connectivity index (χ3n) is 2.71. The second-order valence-electron chi connectivity index (χ2n) is 3.92. The van der Waals surface area contributed by atoms with E-state index in [9.17, 15) is 13.2 Å². The number of thioether (sulfide) groups is 1. The lowest BCUT2D eigenvalue weighted by Crippen LogP contribution is -2.15. The van der Waals surface area contributed by atoms with Crippen molar-refractivity contribution in [3.8, 4) is 0 Å². The van der Waals surface area contributed by atoms with Gasteiger partial charge in [0.15, 0.2) is 0 Å². The van der Waals surface area contributed by atoms with Crippen molar-refractivity contribution in [3.05, 3.63) is 5.01 Å². The van der Waals surface area contributed by atoms with E-state index < -0.39 is 11.2 Å². The molecule has 1 aromatic rings. The average Bonchev–Trinajstić information content (AvgIpc) is 2.86. The normalized spacial score (nSPS) is 25.2. The maximum Gasteiger partial charge on any atom is 0.445 e. The summed E-state index contributed by atoms with van der Waals surface area (Å²) >= 11 is 2.37. The highest BCUT2D eigenvalue weighted by Crippen LogP contribution is 2.35. The molecule has 0 saturated heterocycles. The molecule has 1 aliphatic carbocycles. The van der Waals surface area contributed by atoms with Crippen molar-refractivity contribution in [1.29, 1.82) is 0 Å². The maximum atomic E-state index is 12.3. The Labute approximate surface area is 105 Å². The van der Waals surface area contributed by atoms with E-state index in [0.29, 0.717) is 16.6 Å². The van der Waals surface area contributed by atoms with Crippen molar-refractivity contribution in [2.45, 2.75) is 36.7 Å². The van der Waals surface area contributed by atoms with Gasteiger partial charge in [0.1, 0.15) is 0 Å². The summed E-state index contributed by atoms with van der Waals surface area (Å²) in [5.41, 5.74) is 0. The molecule has 0 radical (unpaired) electrons. The molecule has 1 heterocycles. The first-order chi connectivity index (χ1) is 7.99. The summed E-state index contributed by atoms with van der Waals surface area (Å²) < 4.78 is 36.9. The maximum absolute atomic E-state index is 12.3. The quantitative estimate of drug-likeness (QED) is 0.924. The minimum absolute atomic E-state index is 0.224. The lowest BCUT2D eigenvalue weighted by molar-refractivity contribution is -0.138. The Morgan fingerprint density at radius 2 is 2.12 bits per heavy atom. The van der Waals surface area contributed by atoms with Crippen LogP contribution in [0.15, 0.2) is 0 Å². The Balaban J connectivity index is 1.94. The molecule has 2 rings (SSSR count). The minimum atomic E-state index is -4.39. The van der Waals surface area contributed by atoms with Crippen LogP contribution in [-0.2, 0) is 6.18 Å². The number of nitrogens with one attached hydrogen (secondary N) is 1. The van der Waals surface area contributed by atoms with Crippen LogP contribution < -0.4 is 5.32 Å². The van der Waals surface area contributed by atoms with E-state index in [1.807, 2.05) is 0 Å². The number of anilines is 1. The summed E-state index contributed by atoms with van der Waals surface area (Å²) in [6.45, 7) is 0. The molecule has 0 bridgehead atoms. The predicted octanol–water partition coefficient (Wildman–Crippen LogP) is 3.25. The van der Waals surface area contributed by atoms with Crippen molar-refractivity contribution in [2.75, 3.05) is 11.6 Å². The van der Waals surface area contributed by atoms with Crippen LogP contribution in [0, 0.1) is 0 Å². The number of alkyl halides is 3. The number of hydrogen-bond donors (Lipinski definition) is 1. The zero-order chi connectivity index (χ0) is 12.5. The molecule has 1 fully saturated rings. The molecule has 96 valence electrons. The van der Waals surface area contributed by atoms with Crippen LogP contribution in [0.3, 0.4) is 0 Å². The second kappa shape index (κ2) is 5.01. The fourth-order valence-corrected chi connectivity index (χ4v) is 3.34. The van der Waals surface area contributed by atoms with E-state index >= 15 is 0 Å². The molecular formula is C9H12F3N3S2. The van der Waals surface area contributed by atoms with Crippen LogP contribution in [0.5, 0.6) is 0 Å². The van der Waals surface area contributed by atoms with Crippen molar-refractivity contribution < 1.29 is 13.2 Å². The number of aromatic nitrogens is 2. The van der Waals surface area contributed by atoms with Gasteiger partial charge in [-0.25, -0.2) is 0 Å². The molecule has 0 aliphatic heterocycles. The molecule has 0 unspecified atom stereocenters. The van der Waals surface area contributed by atoms with Crippen LogP contribution in [0.4, 0.5) is 18.3 Å². The minimum Gasteiger partial charge on any atom is -0.357 e. The molecular weight excluding hydrogens is 271 g/mol. The number of hydrogen-bond acceptors (Lipinski definition) is 5. The number of halogens is 3. The summed E-state index contributed by atoms with van der Waals surface area (Å²) in [6, 6.07) is 0.224. The molecule has 3 nitrogen and oxygen atoms in total. The van der Waals surface area contributed by atoms with Crippen LogP contribution in [0.25, 0.3) is 0 Å². The van der Waals surface area contributed by atoms with Crippen LogP contribution in [0.1, 0.15) is 24.3 Å². The fraction of sp³-hybridized carbons (Fsp3) is 0.778. The second-order valence-corrected chi connectivity index (χ2v) is 6.04. The van der Waals surface area contributed by atoms with Gasteiger partial charge in [-0.3, -0.25) is 0 Å². The zero-order valence-corrected chi connectivity index (χ0v) is 10.8. The van der Waals surface area contributed by atoms with Gasteiger partial charge in [-0.2, -0.15) is 24.9 Å². The molecule has 1 N–H and O–H groups in total. The van der Waals surface area contributed by atoms with Crippen molar-refractivity contribution in [2.24, 2.45) is 0 Å². The van der Waals surface area contributed by atoms with Crippen LogP contribution >= 0.6 is 23.1 Å². The average molecular weight is 283 g/mol. The number of rotatable bonds is 3. The van der Waals surface area contributed by atoms with Gasteiger partial charge < -0.3 is 5.32 Å². The van der Waals surface area contributed by atoms with Crippen molar-refractivity contribution in [3.63, 3.8) is 0 Å². The Hall–Kier alpha value is -0.500. The predicted molar refractivity (Wildman–Crippen MR) is 63.5 cm³/mol. The van der Waals surface area contributed by atoms with E-state index in [1.165, 1.54) is 0 Å². The Bertz CT molecular complexity index is 380. The van der Waals surface area contributed by atoms with Gasteiger partial charge in [-0.1, -0.05) is 11.3 Å². The standard InChI is InChI=1S/C9H12F3N3S2/c1-16-6-3-2-5(4-6)13-8-15-14-7(17-8)9(10,11)12/h5-6H,2-4H2,1H3,(H,13,15)/t5-,6+/m1/s1. The SMILES string of the molecule is CS[C@H]1CC[C@@H](Nc2nnc(C(F)(F)F)s2)C1. The molecule has 0 aromatic carbocycles. The molecule has 1 aliphatic rings. The molecule has 1 aromatic heterocycles. The Morgan fingerprint density at radius 1 is 1.35 bits per heavy atom. The van der Waals surface area contributed by atoms with Crippen LogP contribution in [0.2, 0.25) is 0 Å². The van der Waals surface area contributed by atoms with Gasteiger partial charge in [-0.05, 0) is 25.5 Å². The van der Waals surface area contributed by atoms with Gasteiger partial charge in [-0.15, -0.1) is 10.2 Å². The van der Waals surface area contributed by atoms with E-state index in [2.05, 4.69) is 21.8 Å². The highest BCUT2D eigenvalue weighted by atomic mass is 32.2. The van der Waals surface area contributed by atoms with Crippen molar-refractivity contribution >= 4 is 28.2 Å². The number of nitrogens with zero attached hydrogens (tertiary/aromatic N) is 2. The van der Waals surface area contributed by atoms with Gasteiger partial charge in [0.2, 0.25) is 10.1 Å². The van der Waals surface area contributed by atoms with Gasteiger partial charge in [0, 0.05) is 11.3 Å². The van der Waals surface area contributed by atoms with Crippen LogP contribution in [-0.4, -0.2) is 27.7 Å². The first-order valence-corrected chi connectivity index (χ1v) is 7.29. The van der Waals surface area contributed by atoms with Gasteiger partial charge >= 0.3 is 6.18 Å². The Kier molecular flexibility index (Phi) is 3.82. The van der Waals surface area contributed by atoms with E-state index in [1.54, 1.807) is 11.8 Å². The van der Waals surface area contributed by atoms with E-state index in [-0.39, 0.29) is 11.2 Å². The Morgan fingerprint density at radius 3 is 2.65 bits per heavy atom. The topological polar surface area (TPSA) is 37.8 Å². The molecule has 0 amide bonds. The first kappa shape index (κ1) is 12.9. The summed E-state index contributed by atoms with van der Waals surface area (Å²) in [6.07, 6.45) is 0.715. The molecule has 0 spiro atoms. The van der Waals surface area contributed by atoms with Crippen molar-refractivity contribution in [1.82, 2.24) is 10.2 Å². The smallest absolute Gasteiger partial charge is 0.357 e. The lowest BCUT2D eigenvalue weighted by Gasteiger charge is -2.10. The monoisotopic (exact) mass is 283 g/mol. The summed E-state index contributed by atoms with van der Waals surface area (Å²) in [7, 11) is 0. The van der Waals surface area contributed by atoms with Gasteiger partial charge in [0.05, 0.1) is 0 Å². The highest BCUT2D eigenvalue weighted by molar-refractivity contribution is 7.99. The zero-order valence-electron chi connectivity index (χ0n) is 9.12. The third-order valence-corrected chi connectivity index (χ3v) is 4.71. The summed E-state index contributed by atoms with van der Waals surface area (Å²) in [4.78, 5) is 0. The van der Waals surface area contributed by atoms with E-state index in [4.69, 9.17) is 0 Å². The molecule has 2 atom stereocenters.